The van der Waals surface area contributed by atoms with E-state index in [1.165, 1.54) is 11.3 Å². The van der Waals surface area contributed by atoms with Crippen molar-refractivity contribution in [2.75, 3.05) is 6.54 Å². The van der Waals surface area contributed by atoms with Crippen LogP contribution in [0.15, 0.2) is 48.1 Å². The van der Waals surface area contributed by atoms with Crippen molar-refractivity contribution in [3.63, 3.8) is 0 Å². The van der Waals surface area contributed by atoms with Gasteiger partial charge in [-0.3, -0.25) is 4.79 Å². The lowest BCUT2D eigenvalue weighted by molar-refractivity contribution is 0.0958. The first-order chi connectivity index (χ1) is 9.34. The van der Waals surface area contributed by atoms with Crippen LogP contribution in [-0.4, -0.2) is 21.8 Å². The summed E-state index contributed by atoms with van der Waals surface area (Å²) in [5, 5.41) is 4.81. The molecule has 0 saturated heterocycles. The Morgan fingerprint density at radius 2 is 2.26 bits per heavy atom. The van der Waals surface area contributed by atoms with Crippen LogP contribution >= 0.6 is 11.3 Å². The highest BCUT2D eigenvalue weighted by atomic mass is 32.1. The molecule has 19 heavy (non-hydrogen) atoms. The highest BCUT2D eigenvalue weighted by molar-refractivity contribution is 7.12. The van der Waals surface area contributed by atoms with E-state index in [1.807, 2.05) is 52.5 Å². The average Bonchev–Trinajstić information content (AvgIpc) is 3.08. The van der Waals surface area contributed by atoms with Crippen molar-refractivity contribution in [2.24, 2.45) is 0 Å². The molecule has 0 aromatic carbocycles. The fraction of sp³-hybridized carbons (Fsp3) is 0.143. The van der Waals surface area contributed by atoms with Crippen LogP contribution in [0, 0.1) is 0 Å². The average molecular weight is 271 g/mol. The first kappa shape index (κ1) is 11.9. The summed E-state index contributed by atoms with van der Waals surface area (Å²) in [6, 6.07) is 9.68. The van der Waals surface area contributed by atoms with Crippen LogP contribution in [0.3, 0.4) is 0 Å². The van der Waals surface area contributed by atoms with E-state index in [4.69, 9.17) is 0 Å². The Bertz CT molecular complexity index is 688. The number of hydrogen-bond acceptors (Lipinski definition) is 3. The van der Waals surface area contributed by atoms with Crippen LogP contribution in [0.4, 0.5) is 0 Å². The molecule has 96 valence electrons. The molecule has 0 unspecified atom stereocenters. The van der Waals surface area contributed by atoms with Crippen LogP contribution in [0.1, 0.15) is 15.5 Å². The van der Waals surface area contributed by atoms with Crippen LogP contribution in [0.2, 0.25) is 0 Å². The molecule has 0 saturated carbocycles. The molecule has 4 nitrogen and oxygen atoms in total. The van der Waals surface area contributed by atoms with Gasteiger partial charge in [0.2, 0.25) is 0 Å². The number of hydrogen-bond donors (Lipinski definition) is 1. The number of fused-ring (bicyclic) bond motifs is 1. The Morgan fingerprint density at radius 3 is 3.11 bits per heavy atom. The SMILES string of the molecule is O=C(NCCc1ncc2ccccn12)c1cccs1. The lowest BCUT2D eigenvalue weighted by Crippen LogP contribution is -2.25. The number of rotatable bonds is 4. The molecule has 1 amide bonds. The quantitative estimate of drug-likeness (QED) is 0.792. The zero-order chi connectivity index (χ0) is 13.1. The molecule has 3 aromatic heterocycles. The van der Waals surface area contributed by atoms with Gasteiger partial charge in [-0.2, -0.15) is 0 Å². The highest BCUT2D eigenvalue weighted by Crippen LogP contribution is 2.08. The largest absolute Gasteiger partial charge is 0.351 e. The van der Waals surface area contributed by atoms with Crippen molar-refractivity contribution >= 4 is 22.8 Å². The van der Waals surface area contributed by atoms with Crippen molar-refractivity contribution in [3.8, 4) is 0 Å². The predicted octanol–water partition coefficient (Wildman–Crippen LogP) is 2.37. The van der Waals surface area contributed by atoms with Crippen molar-refractivity contribution in [1.29, 1.82) is 0 Å². The maximum absolute atomic E-state index is 11.8. The zero-order valence-electron chi connectivity index (χ0n) is 10.2. The number of carbonyl (C=O) groups is 1. The molecule has 0 aliphatic rings. The van der Waals surface area contributed by atoms with Crippen LogP contribution in [-0.2, 0) is 6.42 Å². The van der Waals surface area contributed by atoms with Crippen LogP contribution < -0.4 is 5.32 Å². The zero-order valence-corrected chi connectivity index (χ0v) is 11.1. The van der Waals surface area contributed by atoms with E-state index in [9.17, 15) is 4.79 Å². The molecule has 0 atom stereocenters. The summed E-state index contributed by atoms with van der Waals surface area (Å²) in [4.78, 5) is 16.9. The molecule has 0 aliphatic carbocycles. The number of amides is 1. The van der Waals surface area contributed by atoms with Gasteiger partial charge in [0.1, 0.15) is 5.82 Å². The summed E-state index contributed by atoms with van der Waals surface area (Å²) in [5.41, 5.74) is 1.07. The van der Waals surface area contributed by atoms with E-state index in [-0.39, 0.29) is 5.91 Å². The molecular formula is C14H13N3OS. The van der Waals surface area contributed by atoms with Gasteiger partial charge >= 0.3 is 0 Å². The lowest BCUT2D eigenvalue weighted by Gasteiger charge is -2.03. The van der Waals surface area contributed by atoms with Crippen molar-refractivity contribution in [2.45, 2.75) is 6.42 Å². The molecule has 0 radical (unpaired) electrons. The predicted molar refractivity (Wildman–Crippen MR) is 75.5 cm³/mol. The molecule has 0 aliphatic heterocycles. The third-order valence-corrected chi connectivity index (χ3v) is 3.76. The number of pyridine rings is 1. The third kappa shape index (κ3) is 2.51. The van der Waals surface area contributed by atoms with E-state index in [1.54, 1.807) is 0 Å². The Kier molecular flexibility index (Phi) is 3.29. The van der Waals surface area contributed by atoms with Gasteiger partial charge in [0.05, 0.1) is 16.6 Å². The Morgan fingerprint density at radius 1 is 1.32 bits per heavy atom. The first-order valence-corrected chi connectivity index (χ1v) is 6.95. The Labute approximate surface area is 114 Å². The van der Waals surface area contributed by atoms with E-state index in [0.717, 1.165) is 22.6 Å². The summed E-state index contributed by atoms with van der Waals surface area (Å²) >= 11 is 1.45. The highest BCUT2D eigenvalue weighted by Gasteiger charge is 2.07. The first-order valence-electron chi connectivity index (χ1n) is 6.07. The van der Waals surface area contributed by atoms with E-state index < -0.39 is 0 Å². The van der Waals surface area contributed by atoms with Gasteiger partial charge in [0, 0.05) is 19.2 Å². The topological polar surface area (TPSA) is 46.4 Å². The van der Waals surface area contributed by atoms with E-state index in [0.29, 0.717) is 6.54 Å². The molecule has 0 bridgehead atoms. The van der Waals surface area contributed by atoms with Gasteiger partial charge in [0.25, 0.3) is 5.91 Å². The molecular weight excluding hydrogens is 258 g/mol. The van der Waals surface area contributed by atoms with Crippen molar-refractivity contribution in [1.82, 2.24) is 14.7 Å². The normalized spacial score (nSPS) is 10.7. The maximum atomic E-state index is 11.8. The number of imidazole rings is 1. The minimum atomic E-state index is -0.0177. The second-order valence-corrected chi connectivity index (χ2v) is 5.10. The molecule has 3 aromatic rings. The fourth-order valence-corrected chi connectivity index (χ4v) is 2.61. The number of carbonyl (C=O) groups excluding carboxylic acids is 1. The van der Waals surface area contributed by atoms with Crippen molar-refractivity contribution in [3.05, 3.63) is 58.8 Å². The molecule has 0 fully saturated rings. The van der Waals surface area contributed by atoms with Crippen LogP contribution in [0.5, 0.6) is 0 Å². The number of nitrogens with zero attached hydrogens (tertiary/aromatic N) is 2. The smallest absolute Gasteiger partial charge is 0.261 e. The molecule has 3 rings (SSSR count). The van der Waals surface area contributed by atoms with Gasteiger partial charge in [-0.1, -0.05) is 12.1 Å². The summed E-state index contributed by atoms with van der Waals surface area (Å²) in [5.74, 6) is 0.943. The Hall–Kier alpha value is -2.14. The number of nitrogens with one attached hydrogen (secondary N) is 1. The summed E-state index contributed by atoms with van der Waals surface area (Å²) in [7, 11) is 0. The molecule has 0 spiro atoms. The summed E-state index contributed by atoms with van der Waals surface area (Å²) in [6.45, 7) is 0.588. The fourth-order valence-electron chi connectivity index (χ4n) is 1.97. The number of aromatic nitrogens is 2. The van der Waals surface area contributed by atoms with Gasteiger partial charge < -0.3 is 9.72 Å². The standard InChI is InChI=1S/C14H13N3OS/c18-14(12-5-3-9-19-12)15-7-6-13-16-10-11-4-1-2-8-17(11)13/h1-5,8-10H,6-7H2,(H,15,18). The van der Waals surface area contributed by atoms with Crippen LogP contribution in [0.25, 0.3) is 5.52 Å². The van der Waals surface area contributed by atoms with Gasteiger partial charge in [0.15, 0.2) is 0 Å². The second-order valence-electron chi connectivity index (χ2n) is 4.15. The van der Waals surface area contributed by atoms with E-state index >= 15 is 0 Å². The molecule has 5 heteroatoms. The summed E-state index contributed by atoms with van der Waals surface area (Å²) < 4.78 is 2.04. The monoisotopic (exact) mass is 271 g/mol. The van der Waals surface area contributed by atoms with Crippen molar-refractivity contribution < 1.29 is 4.79 Å². The van der Waals surface area contributed by atoms with Gasteiger partial charge in [-0.05, 0) is 23.6 Å². The second kappa shape index (κ2) is 5.24. The molecule has 1 N–H and O–H groups in total. The minimum absolute atomic E-state index is 0.0177. The molecule has 3 heterocycles. The van der Waals surface area contributed by atoms with Gasteiger partial charge in [-0.25, -0.2) is 4.98 Å². The lowest BCUT2D eigenvalue weighted by atomic mass is 10.3. The summed E-state index contributed by atoms with van der Waals surface area (Å²) in [6.07, 6.45) is 4.55. The minimum Gasteiger partial charge on any atom is -0.351 e. The third-order valence-electron chi connectivity index (χ3n) is 2.89. The maximum Gasteiger partial charge on any atom is 0.261 e. The number of thiophene rings is 1. The van der Waals surface area contributed by atoms with E-state index in [2.05, 4.69) is 10.3 Å². The van der Waals surface area contributed by atoms with Gasteiger partial charge in [-0.15, -0.1) is 11.3 Å². The Balaban J connectivity index is 1.62.